The van der Waals surface area contributed by atoms with E-state index < -0.39 is 24.2 Å². The maximum Gasteiger partial charge on any atom is 0.340 e. The molecule has 160 valence electrons. The molecule has 0 bridgehead atoms. The zero-order valence-corrected chi connectivity index (χ0v) is 17.4. The number of aliphatic hydroxyl groups excluding tert-OH is 2. The largest absolute Gasteiger partial charge is 0.464 e. The van der Waals surface area contributed by atoms with E-state index in [9.17, 15) is 14.7 Å². The van der Waals surface area contributed by atoms with Crippen molar-refractivity contribution in [1.82, 2.24) is 5.32 Å². The van der Waals surface area contributed by atoms with Crippen LogP contribution in [-0.2, 0) is 11.2 Å². The van der Waals surface area contributed by atoms with Gasteiger partial charge in [0, 0.05) is 34.0 Å². The zero-order chi connectivity index (χ0) is 22.1. The van der Waals surface area contributed by atoms with Gasteiger partial charge < -0.3 is 24.4 Å². The van der Waals surface area contributed by atoms with E-state index in [4.69, 9.17) is 25.5 Å². The molecule has 0 saturated heterocycles. The fourth-order valence-electron chi connectivity index (χ4n) is 3.49. The van der Waals surface area contributed by atoms with Gasteiger partial charge in [-0.2, -0.15) is 0 Å². The summed E-state index contributed by atoms with van der Waals surface area (Å²) >= 11 is 5.99. The van der Waals surface area contributed by atoms with Gasteiger partial charge in [0.25, 0.3) is 0 Å². The van der Waals surface area contributed by atoms with E-state index in [0.717, 1.165) is 16.5 Å². The highest BCUT2D eigenvalue weighted by Gasteiger charge is 2.18. The number of amides is 1. The van der Waals surface area contributed by atoms with Gasteiger partial charge in [0.05, 0.1) is 31.0 Å². The first kappa shape index (κ1) is 21.1. The SMILES string of the molecule is Cc1c(CC(=O)NCC(O)CO)c(=O)oc2cc3occ(-c4ccc(Cl)cc4)c3cc12. The second-order valence-corrected chi connectivity index (χ2v) is 7.75. The molecule has 0 fully saturated rings. The van der Waals surface area contributed by atoms with Gasteiger partial charge in [0.1, 0.15) is 11.2 Å². The molecule has 1 unspecified atom stereocenters. The Balaban J connectivity index is 1.75. The lowest BCUT2D eigenvalue weighted by atomic mass is 9.99. The summed E-state index contributed by atoms with van der Waals surface area (Å²) in [4.78, 5) is 24.7. The van der Waals surface area contributed by atoms with E-state index in [-0.39, 0.29) is 18.5 Å². The van der Waals surface area contributed by atoms with Crippen molar-refractivity contribution in [3.63, 3.8) is 0 Å². The van der Waals surface area contributed by atoms with Crippen LogP contribution < -0.4 is 10.9 Å². The van der Waals surface area contributed by atoms with E-state index in [1.165, 1.54) is 0 Å². The molecule has 2 aromatic carbocycles. The Labute approximate surface area is 181 Å². The minimum atomic E-state index is -1.06. The summed E-state index contributed by atoms with van der Waals surface area (Å²) in [6.45, 7) is 1.19. The summed E-state index contributed by atoms with van der Waals surface area (Å²) in [5, 5.41) is 22.9. The number of carbonyl (C=O) groups is 1. The lowest BCUT2D eigenvalue weighted by Gasteiger charge is -2.11. The molecular weight excluding hydrogens is 422 g/mol. The molecule has 4 rings (SSSR count). The van der Waals surface area contributed by atoms with Crippen LogP contribution in [0.15, 0.2) is 56.3 Å². The number of hydrogen-bond donors (Lipinski definition) is 3. The molecule has 7 nitrogen and oxygen atoms in total. The fraction of sp³-hybridized carbons (Fsp3) is 0.217. The number of furan rings is 1. The standard InChI is InChI=1S/C23H20ClNO6/c1-12-16-6-18-19(13-2-4-14(24)5-3-13)11-30-20(18)8-21(16)31-23(29)17(12)7-22(28)25-9-15(27)10-26/h2-6,8,11,15,26-27H,7,9-10H2,1H3,(H,25,28). The minimum absolute atomic E-state index is 0.104. The number of halogens is 1. The third-order valence-electron chi connectivity index (χ3n) is 5.22. The summed E-state index contributed by atoms with van der Waals surface area (Å²) in [7, 11) is 0. The van der Waals surface area contributed by atoms with E-state index in [2.05, 4.69) is 5.32 Å². The van der Waals surface area contributed by atoms with Crippen molar-refractivity contribution in [3.05, 3.63) is 69.2 Å². The van der Waals surface area contributed by atoms with Gasteiger partial charge in [-0.05, 0) is 36.2 Å². The van der Waals surface area contributed by atoms with Crippen LogP contribution >= 0.6 is 11.6 Å². The van der Waals surface area contributed by atoms with Crippen molar-refractivity contribution in [2.24, 2.45) is 0 Å². The summed E-state index contributed by atoms with van der Waals surface area (Å²) in [5.74, 6) is -0.450. The molecule has 0 radical (unpaired) electrons. The Morgan fingerprint density at radius 3 is 2.61 bits per heavy atom. The van der Waals surface area contributed by atoms with Crippen LogP contribution in [0.4, 0.5) is 0 Å². The molecule has 1 atom stereocenters. The van der Waals surface area contributed by atoms with E-state index in [1.54, 1.807) is 31.4 Å². The zero-order valence-electron chi connectivity index (χ0n) is 16.6. The van der Waals surface area contributed by atoms with Crippen molar-refractivity contribution in [1.29, 1.82) is 0 Å². The maximum absolute atomic E-state index is 12.5. The van der Waals surface area contributed by atoms with Crippen molar-refractivity contribution >= 4 is 39.4 Å². The Morgan fingerprint density at radius 2 is 1.90 bits per heavy atom. The average molecular weight is 442 g/mol. The molecule has 3 N–H and O–H groups in total. The van der Waals surface area contributed by atoms with Gasteiger partial charge in [0.2, 0.25) is 5.91 Å². The van der Waals surface area contributed by atoms with Crippen LogP contribution in [0.3, 0.4) is 0 Å². The Kier molecular flexibility index (Phi) is 5.82. The van der Waals surface area contributed by atoms with Gasteiger partial charge >= 0.3 is 5.63 Å². The van der Waals surface area contributed by atoms with Crippen LogP contribution in [0.2, 0.25) is 5.02 Å². The summed E-state index contributed by atoms with van der Waals surface area (Å²) in [5.41, 5.74) is 3.01. The minimum Gasteiger partial charge on any atom is -0.464 e. The molecule has 0 aliphatic heterocycles. The molecule has 0 aliphatic rings. The van der Waals surface area contributed by atoms with Crippen molar-refractivity contribution in [2.45, 2.75) is 19.4 Å². The van der Waals surface area contributed by atoms with E-state index in [0.29, 0.717) is 27.1 Å². The normalized spacial score (nSPS) is 12.4. The second-order valence-electron chi connectivity index (χ2n) is 7.31. The first-order chi connectivity index (χ1) is 14.9. The predicted octanol–water partition coefficient (Wildman–Crippen LogP) is 3.18. The molecule has 0 saturated carbocycles. The Morgan fingerprint density at radius 1 is 1.16 bits per heavy atom. The Bertz CT molecular complexity index is 1320. The van der Waals surface area contributed by atoms with Gasteiger partial charge in [-0.3, -0.25) is 4.79 Å². The highest BCUT2D eigenvalue weighted by Crippen LogP contribution is 2.35. The van der Waals surface area contributed by atoms with Crippen LogP contribution in [0, 0.1) is 6.92 Å². The lowest BCUT2D eigenvalue weighted by Crippen LogP contribution is -2.35. The first-order valence-corrected chi connectivity index (χ1v) is 10.0. The number of fused-ring (bicyclic) bond motifs is 2. The number of aliphatic hydroxyl groups is 2. The third kappa shape index (κ3) is 4.20. The van der Waals surface area contributed by atoms with Crippen LogP contribution in [0.5, 0.6) is 0 Å². The molecule has 4 aromatic rings. The first-order valence-electron chi connectivity index (χ1n) is 9.66. The summed E-state index contributed by atoms with van der Waals surface area (Å²) in [6, 6.07) is 10.9. The molecule has 31 heavy (non-hydrogen) atoms. The van der Waals surface area contributed by atoms with Gasteiger partial charge in [-0.15, -0.1) is 0 Å². The lowest BCUT2D eigenvalue weighted by molar-refractivity contribution is -0.121. The highest BCUT2D eigenvalue weighted by molar-refractivity contribution is 6.30. The number of nitrogens with one attached hydrogen (secondary N) is 1. The Hall–Kier alpha value is -3.13. The van der Waals surface area contributed by atoms with Crippen LogP contribution in [0.25, 0.3) is 33.1 Å². The molecule has 2 heterocycles. The second kappa shape index (κ2) is 8.55. The quantitative estimate of drug-likeness (QED) is 0.396. The molecular formula is C23H20ClNO6. The van der Waals surface area contributed by atoms with Gasteiger partial charge in [0.15, 0.2) is 0 Å². The van der Waals surface area contributed by atoms with Crippen LogP contribution in [-0.4, -0.2) is 35.4 Å². The van der Waals surface area contributed by atoms with Gasteiger partial charge in [-0.25, -0.2) is 4.79 Å². The predicted molar refractivity (Wildman–Crippen MR) is 117 cm³/mol. The number of hydrogen-bond acceptors (Lipinski definition) is 6. The number of aryl methyl sites for hydroxylation is 1. The van der Waals surface area contributed by atoms with Crippen molar-refractivity contribution in [3.8, 4) is 11.1 Å². The molecule has 8 heteroatoms. The van der Waals surface area contributed by atoms with E-state index >= 15 is 0 Å². The maximum atomic E-state index is 12.5. The molecule has 0 spiro atoms. The molecule has 0 aliphatic carbocycles. The van der Waals surface area contributed by atoms with Crippen LogP contribution in [0.1, 0.15) is 11.1 Å². The summed E-state index contributed by atoms with van der Waals surface area (Å²) in [6.07, 6.45) is 0.385. The average Bonchev–Trinajstić information content (AvgIpc) is 3.17. The molecule has 1 amide bonds. The fourth-order valence-corrected chi connectivity index (χ4v) is 3.61. The smallest absolute Gasteiger partial charge is 0.340 e. The number of carbonyl (C=O) groups excluding carboxylic acids is 1. The molecule has 2 aromatic heterocycles. The van der Waals surface area contributed by atoms with Crippen molar-refractivity contribution < 1.29 is 23.8 Å². The number of benzene rings is 2. The summed E-state index contributed by atoms with van der Waals surface area (Å²) < 4.78 is 11.1. The van der Waals surface area contributed by atoms with E-state index in [1.807, 2.05) is 18.2 Å². The third-order valence-corrected chi connectivity index (χ3v) is 5.47. The number of rotatable bonds is 6. The van der Waals surface area contributed by atoms with Crippen molar-refractivity contribution in [2.75, 3.05) is 13.2 Å². The van der Waals surface area contributed by atoms with Gasteiger partial charge in [-0.1, -0.05) is 23.7 Å². The highest BCUT2D eigenvalue weighted by atomic mass is 35.5. The topological polar surface area (TPSA) is 113 Å². The monoisotopic (exact) mass is 441 g/mol.